The third-order valence-electron chi connectivity index (χ3n) is 5.28. The van der Waals surface area contributed by atoms with Gasteiger partial charge in [0.1, 0.15) is 29.6 Å². The molecule has 0 unspecified atom stereocenters. The second-order valence-corrected chi connectivity index (χ2v) is 7.14. The quantitative estimate of drug-likeness (QED) is 0.513. The van der Waals surface area contributed by atoms with Crippen LogP contribution in [0, 0.1) is 0 Å². The van der Waals surface area contributed by atoms with Gasteiger partial charge in [0.2, 0.25) is 0 Å². The molecule has 2 N–H and O–H groups in total. The van der Waals surface area contributed by atoms with Gasteiger partial charge in [-0.25, -0.2) is 19.7 Å². The molecule has 0 radical (unpaired) electrons. The molecule has 1 aliphatic rings. The maximum absolute atomic E-state index is 12.3. The van der Waals surface area contributed by atoms with Crippen molar-refractivity contribution in [2.45, 2.75) is 31.7 Å². The summed E-state index contributed by atoms with van der Waals surface area (Å²) in [6, 6.07) is 7.27. The Labute approximate surface area is 165 Å². The summed E-state index contributed by atoms with van der Waals surface area (Å²) in [5.74, 6) is 0.595. The van der Waals surface area contributed by atoms with Crippen molar-refractivity contribution in [1.29, 1.82) is 0 Å². The van der Waals surface area contributed by atoms with Gasteiger partial charge in [0.05, 0.1) is 5.39 Å². The van der Waals surface area contributed by atoms with E-state index in [9.17, 15) is 9.90 Å². The summed E-state index contributed by atoms with van der Waals surface area (Å²) >= 11 is 0. The number of imidazole rings is 1. The van der Waals surface area contributed by atoms with Crippen molar-refractivity contribution >= 4 is 40.2 Å². The van der Waals surface area contributed by atoms with Gasteiger partial charge in [0.15, 0.2) is 17.0 Å². The van der Waals surface area contributed by atoms with Gasteiger partial charge in [-0.3, -0.25) is 4.57 Å². The minimum atomic E-state index is -0.611. The molecule has 1 aliphatic carbocycles. The first-order chi connectivity index (χ1) is 14.2. The fourth-order valence-electron chi connectivity index (χ4n) is 3.78. The van der Waals surface area contributed by atoms with Gasteiger partial charge in [0.25, 0.3) is 0 Å². The Hall–Kier alpha value is -3.68. The topological polar surface area (TPSA) is 106 Å². The monoisotopic (exact) mass is 389 g/mol. The van der Waals surface area contributed by atoms with Gasteiger partial charge in [-0.05, 0) is 31.1 Å². The van der Waals surface area contributed by atoms with Gasteiger partial charge >= 0.3 is 5.63 Å². The fourth-order valence-corrected chi connectivity index (χ4v) is 3.78. The highest BCUT2D eigenvalue weighted by Gasteiger charge is 2.18. The second kappa shape index (κ2) is 7.05. The molecule has 0 spiro atoms. The molecule has 29 heavy (non-hydrogen) atoms. The van der Waals surface area contributed by atoms with Crippen LogP contribution in [-0.4, -0.2) is 30.7 Å². The molecule has 0 atom stereocenters. The van der Waals surface area contributed by atoms with Crippen LogP contribution < -0.4 is 10.9 Å². The largest absolute Gasteiger partial charge is 0.506 e. The van der Waals surface area contributed by atoms with Crippen LogP contribution in [0.5, 0.6) is 5.75 Å². The summed E-state index contributed by atoms with van der Waals surface area (Å²) in [5.41, 5.74) is 1.08. The maximum atomic E-state index is 12.3. The highest BCUT2D eigenvalue weighted by Crippen LogP contribution is 2.28. The molecule has 1 aromatic carbocycles. The normalized spacial score (nSPS) is 15.0. The van der Waals surface area contributed by atoms with Crippen molar-refractivity contribution in [2.24, 2.45) is 0 Å². The van der Waals surface area contributed by atoms with Crippen LogP contribution in [0.2, 0.25) is 0 Å². The number of nitrogens with one attached hydrogen (secondary N) is 1. The van der Waals surface area contributed by atoms with E-state index in [2.05, 4.69) is 20.3 Å². The predicted molar refractivity (Wildman–Crippen MR) is 111 cm³/mol. The summed E-state index contributed by atoms with van der Waals surface area (Å²) in [7, 11) is 0. The van der Waals surface area contributed by atoms with Crippen molar-refractivity contribution in [1.82, 2.24) is 19.5 Å². The smallest absolute Gasteiger partial charge is 0.347 e. The number of aromatic nitrogens is 4. The molecule has 146 valence electrons. The summed E-state index contributed by atoms with van der Waals surface area (Å²) in [6.07, 6.45) is 10.9. The highest BCUT2D eigenvalue weighted by molar-refractivity contribution is 5.88. The van der Waals surface area contributed by atoms with Crippen LogP contribution in [0.1, 0.15) is 31.2 Å². The number of hydrogen-bond acceptors (Lipinski definition) is 7. The first-order valence-electron chi connectivity index (χ1n) is 9.58. The van der Waals surface area contributed by atoms with E-state index in [1.54, 1.807) is 41.4 Å². The molecular formula is C21H19N5O3. The lowest BCUT2D eigenvalue weighted by Gasteiger charge is -2.12. The third-order valence-corrected chi connectivity index (χ3v) is 5.28. The summed E-state index contributed by atoms with van der Waals surface area (Å²) in [5, 5.41) is 14.4. The molecule has 8 nitrogen and oxygen atoms in total. The van der Waals surface area contributed by atoms with Crippen LogP contribution in [0.15, 0.2) is 46.1 Å². The van der Waals surface area contributed by atoms with Gasteiger partial charge < -0.3 is 14.8 Å². The Morgan fingerprint density at radius 3 is 2.86 bits per heavy atom. The lowest BCUT2D eigenvalue weighted by Crippen LogP contribution is -2.15. The average molecular weight is 389 g/mol. The number of rotatable bonds is 4. The molecule has 3 heterocycles. The summed E-state index contributed by atoms with van der Waals surface area (Å²) in [4.78, 5) is 25.4. The van der Waals surface area contributed by atoms with Gasteiger partial charge in [-0.1, -0.05) is 25.0 Å². The fraction of sp³-hybridized carbons (Fsp3) is 0.238. The van der Waals surface area contributed by atoms with Crippen molar-refractivity contribution in [3.8, 4) is 5.75 Å². The van der Waals surface area contributed by atoms with Crippen LogP contribution in [0.25, 0.3) is 34.4 Å². The molecular weight excluding hydrogens is 370 g/mol. The number of para-hydroxylation sites is 1. The standard InChI is InChI=1S/C21H19N5O3/c27-18-14-7-3-4-8-16(14)29-21(28)15(18)9-10-26-12-24-17-19(22-11-23-20(17)26)25-13-5-1-2-6-13/h3-4,7-13,27H,1-2,5-6H2,(H,22,23,25)/b10-9+. The number of hydrogen-bond donors (Lipinski definition) is 2. The van der Waals surface area contributed by atoms with E-state index in [4.69, 9.17) is 4.42 Å². The van der Waals surface area contributed by atoms with Gasteiger partial charge in [-0.15, -0.1) is 0 Å². The Balaban J connectivity index is 1.52. The van der Waals surface area contributed by atoms with Crippen molar-refractivity contribution < 1.29 is 9.52 Å². The first kappa shape index (κ1) is 17.4. The molecule has 0 amide bonds. The van der Waals surface area contributed by atoms with E-state index in [0.717, 1.165) is 12.8 Å². The van der Waals surface area contributed by atoms with Crippen molar-refractivity contribution in [3.05, 3.63) is 52.9 Å². The van der Waals surface area contributed by atoms with Crippen LogP contribution >= 0.6 is 0 Å². The number of anilines is 1. The van der Waals surface area contributed by atoms with E-state index in [1.807, 2.05) is 0 Å². The molecule has 0 saturated heterocycles. The summed E-state index contributed by atoms with van der Waals surface area (Å²) in [6.45, 7) is 0. The number of fused-ring (bicyclic) bond motifs is 2. The van der Waals surface area contributed by atoms with Crippen LogP contribution in [-0.2, 0) is 0 Å². The zero-order valence-corrected chi connectivity index (χ0v) is 15.6. The lowest BCUT2D eigenvalue weighted by atomic mass is 10.1. The first-order valence-corrected chi connectivity index (χ1v) is 9.58. The molecule has 0 bridgehead atoms. The molecule has 8 heteroatoms. The van der Waals surface area contributed by atoms with Crippen LogP contribution in [0.3, 0.4) is 0 Å². The Morgan fingerprint density at radius 1 is 1.17 bits per heavy atom. The van der Waals surface area contributed by atoms with Gasteiger partial charge in [-0.2, -0.15) is 0 Å². The van der Waals surface area contributed by atoms with E-state index in [1.165, 1.54) is 25.2 Å². The zero-order valence-electron chi connectivity index (χ0n) is 15.6. The second-order valence-electron chi connectivity index (χ2n) is 7.14. The highest BCUT2D eigenvalue weighted by atomic mass is 16.4. The number of nitrogens with zero attached hydrogens (tertiary/aromatic N) is 4. The summed E-state index contributed by atoms with van der Waals surface area (Å²) < 4.78 is 6.98. The molecule has 1 fully saturated rings. The molecule has 4 aromatic rings. The molecule has 1 saturated carbocycles. The number of benzene rings is 1. The van der Waals surface area contributed by atoms with Crippen molar-refractivity contribution in [2.75, 3.05) is 5.32 Å². The van der Waals surface area contributed by atoms with E-state index in [-0.39, 0.29) is 11.3 Å². The Bertz CT molecular complexity index is 1280. The van der Waals surface area contributed by atoms with E-state index < -0.39 is 5.63 Å². The van der Waals surface area contributed by atoms with E-state index in [0.29, 0.717) is 34.0 Å². The minimum absolute atomic E-state index is 0.0731. The Kier molecular flexibility index (Phi) is 4.23. The molecule has 5 rings (SSSR count). The van der Waals surface area contributed by atoms with Crippen molar-refractivity contribution in [3.63, 3.8) is 0 Å². The van der Waals surface area contributed by atoms with E-state index >= 15 is 0 Å². The predicted octanol–water partition coefficient (Wildman–Crippen LogP) is 3.62. The third kappa shape index (κ3) is 3.12. The minimum Gasteiger partial charge on any atom is -0.506 e. The SMILES string of the molecule is O=c1oc2ccccc2c(O)c1/C=C/n1cnc2c(NC3CCCC3)ncnc21. The molecule has 3 aromatic heterocycles. The average Bonchev–Trinajstić information content (AvgIpc) is 3.38. The zero-order chi connectivity index (χ0) is 19.8. The number of aromatic hydroxyl groups is 1. The van der Waals surface area contributed by atoms with Crippen LogP contribution in [0.4, 0.5) is 5.82 Å². The molecule has 0 aliphatic heterocycles. The lowest BCUT2D eigenvalue weighted by molar-refractivity contribution is 0.466. The Morgan fingerprint density at radius 2 is 2.00 bits per heavy atom. The maximum Gasteiger partial charge on any atom is 0.347 e. The van der Waals surface area contributed by atoms with Gasteiger partial charge in [0, 0.05) is 12.2 Å².